The van der Waals surface area contributed by atoms with E-state index in [0.29, 0.717) is 22.9 Å². The number of aromatic nitrogens is 4. The Morgan fingerprint density at radius 3 is 1.16 bits per heavy atom. The van der Waals surface area contributed by atoms with Crippen LogP contribution in [0.5, 0.6) is 0 Å². The third-order valence-electron chi connectivity index (χ3n) is 18.2. The molecule has 0 saturated heterocycles. The van der Waals surface area contributed by atoms with Crippen LogP contribution in [0, 0.1) is 10.8 Å². The van der Waals surface area contributed by atoms with E-state index in [4.69, 9.17) is 19.9 Å². The predicted molar refractivity (Wildman–Crippen MR) is 232 cm³/mol. The number of fused-ring (bicyclic) bond motifs is 4. The molecule has 3 aromatic carbocycles. The van der Waals surface area contributed by atoms with E-state index in [0.717, 1.165) is 22.4 Å². The second-order valence-corrected chi connectivity index (χ2v) is 21.9. The highest BCUT2D eigenvalue weighted by molar-refractivity contribution is 5.71. The molecule has 4 heteroatoms. The number of benzene rings is 3. The molecule has 0 spiro atoms. The molecular weight excluding hydrogens is 681 g/mol. The molecule has 5 aliphatic carbocycles. The molecule has 4 nitrogen and oxygen atoms in total. The smallest absolute Gasteiger partial charge is 0.165 e. The summed E-state index contributed by atoms with van der Waals surface area (Å²) in [5.74, 6) is 2.04. The first-order valence-corrected chi connectivity index (χ1v) is 21.2. The minimum absolute atomic E-state index is 0.0271. The fraction of sp³-hybridized carbons (Fsp3) is 0.500. The highest BCUT2D eigenvalue weighted by Crippen LogP contribution is 2.63. The Morgan fingerprint density at radius 2 is 0.714 bits per heavy atom. The van der Waals surface area contributed by atoms with E-state index in [9.17, 15) is 0 Å². The van der Waals surface area contributed by atoms with Crippen LogP contribution in [0.2, 0.25) is 0 Å². The summed E-state index contributed by atoms with van der Waals surface area (Å²) in [6, 6.07) is 25.2. The molecule has 5 aliphatic rings. The summed E-state index contributed by atoms with van der Waals surface area (Å²) in [6.45, 7) is 33.7. The van der Waals surface area contributed by atoms with Gasteiger partial charge in [0.15, 0.2) is 17.5 Å². The van der Waals surface area contributed by atoms with E-state index < -0.39 is 0 Å². The SMILES string of the molecule is CC12CCC(C)(CC1)c1cc(-c3ccc(-c4nc(-c5ccc6c(c5)C(C)(C)C(C)(C)C6(C)C)nc(-c5ccc6c(c5)C(C)(C)C(C)(C)C6(C)C)n4)cn3)ccc12. The van der Waals surface area contributed by atoms with Crippen molar-refractivity contribution in [1.82, 2.24) is 19.9 Å². The molecule has 1 saturated carbocycles. The Bertz CT molecular complexity index is 2340. The van der Waals surface area contributed by atoms with Gasteiger partial charge in [-0.25, -0.2) is 15.0 Å². The van der Waals surface area contributed by atoms with E-state index in [1.54, 1.807) is 5.56 Å². The quantitative estimate of drug-likeness (QED) is 0.184. The van der Waals surface area contributed by atoms with Gasteiger partial charge < -0.3 is 0 Å². The molecule has 2 heterocycles. The molecule has 2 aromatic heterocycles. The second kappa shape index (κ2) is 11.3. The van der Waals surface area contributed by atoms with Gasteiger partial charge in [0, 0.05) is 28.5 Å². The molecule has 5 aromatic rings. The Balaban J connectivity index is 1.17. The van der Waals surface area contributed by atoms with Crippen LogP contribution in [0.15, 0.2) is 72.9 Å². The fourth-order valence-corrected chi connectivity index (χ4v) is 11.5. The van der Waals surface area contributed by atoms with E-state index in [1.807, 2.05) is 6.20 Å². The lowest BCUT2D eigenvalue weighted by atomic mass is 9.52. The molecule has 0 aliphatic heterocycles. The van der Waals surface area contributed by atoms with E-state index in [-0.39, 0.29) is 37.9 Å². The van der Waals surface area contributed by atoms with Crippen molar-refractivity contribution < 1.29 is 0 Å². The zero-order valence-electron chi connectivity index (χ0n) is 36.5. The van der Waals surface area contributed by atoms with Crippen LogP contribution in [0.4, 0.5) is 0 Å². The maximum atomic E-state index is 5.29. The standard InChI is InChI=1S/C52H62N4/c1-45(2)35-19-16-32(28-38(35)47(5,6)49(45,9)10)42-54-43(33-17-20-36-39(29-33)48(7,8)50(11,12)46(36,3)4)56-44(55-42)34-18-22-41(53-30-34)31-15-21-37-40(27-31)52(14)25-23-51(37,13)24-26-52/h15-22,27-30H,23-26H2,1-14H3. The van der Waals surface area contributed by atoms with Gasteiger partial charge in [-0.3, -0.25) is 4.98 Å². The Kier molecular flexibility index (Phi) is 7.52. The van der Waals surface area contributed by atoms with Crippen LogP contribution in [-0.2, 0) is 32.5 Å². The fourth-order valence-electron chi connectivity index (χ4n) is 11.5. The normalized spacial score (nSPS) is 26.4. The predicted octanol–water partition coefficient (Wildman–Crippen LogP) is 13.2. The first-order chi connectivity index (χ1) is 26.0. The largest absolute Gasteiger partial charge is 0.255 e. The highest BCUT2D eigenvalue weighted by atomic mass is 15.0. The second-order valence-electron chi connectivity index (χ2n) is 21.9. The third-order valence-corrected chi connectivity index (χ3v) is 18.2. The van der Waals surface area contributed by atoms with Gasteiger partial charge in [-0.1, -0.05) is 133 Å². The van der Waals surface area contributed by atoms with Gasteiger partial charge in [-0.05, 0) is 133 Å². The van der Waals surface area contributed by atoms with E-state index in [1.165, 1.54) is 59.1 Å². The maximum absolute atomic E-state index is 5.29. The van der Waals surface area contributed by atoms with Crippen LogP contribution >= 0.6 is 0 Å². The van der Waals surface area contributed by atoms with Gasteiger partial charge in [-0.2, -0.15) is 0 Å². The summed E-state index contributed by atoms with van der Waals surface area (Å²) in [5, 5.41) is 0. The van der Waals surface area contributed by atoms with Crippen molar-refractivity contribution >= 4 is 0 Å². The monoisotopic (exact) mass is 742 g/mol. The van der Waals surface area contributed by atoms with Crippen molar-refractivity contribution in [3.8, 4) is 45.4 Å². The summed E-state index contributed by atoms with van der Waals surface area (Å²) in [7, 11) is 0. The molecule has 0 radical (unpaired) electrons. The number of rotatable bonds is 4. The van der Waals surface area contributed by atoms with Gasteiger partial charge in [0.25, 0.3) is 0 Å². The van der Waals surface area contributed by atoms with Crippen LogP contribution in [-0.4, -0.2) is 19.9 Å². The lowest BCUT2D eigenvalue weighted by molar-refractivity contribution is 0.125. The lowest BCUT2D eigenvalue weighted by Gasteiger charge is -2.52. The van der Waals surface area contributed by atoms with Crippen molar-refractivity contribution in [2.45, 2.75) is 155 Å². The number of nitrogens with zero attached hydrogens (tertiary/aromatic N) is 4. The van der Waals surface area contributed by atoms with Gasteiger partial charge in [0.2, 0.25) is 0 Å². The molecule has 0 amide bonds. The van der Waals surface area contributed by atoms with Crippen molar-refractivity contribution in [3.05, 3.63) is 106 Å². The van der Waals surface area contributed by atoms with Gasteiger partial charge in [-0.15, -0.1) is 0 Å². The lowest BCUT2D eigenvalue weighted by Crippen LogP contribution is -2.44. The zero-order chi connectivity index (χ0) is 40.2. The molecule has 56 heavy (non-hydrogen) atoms. The van der Waals surface area contributed by atoms with Crippen molar-refractivity contribution in [2.24, 2.45) is 10.8 Å². The van der Waals surface area contributed by atoms with Crippen LogP contribution in [0.3, 0.4) is 0 Å². The topological polar surface area (TPSA) is 51.6 Å². The van der Waals surface area contributed by atoms with Gasteiger partial charge >= 0.3 is 0 Å². The zero-order valence-corrected chi connectivity index (χ0v) is 36.5. The number of hydrogen-bond acceptors (Lipinski definition) is 4. The molecule has 2 bridgehead atoms. The summed E-state index contributed by atoms with van der Waals surface area (Å²) < 4.78 is 0. The average molecular weight is 743 g/mol. The summed E-state index contributed by atoms with van der Waals surface area (Å²) in [6.07, 6.45) is 7.07. The number of hydrogen-bond donors (Lipinski definition) is 0. The Labute approximate surface area is 336 Å². The molecule has 10 rings (SSSR count). The minimum Gasteiger partial charge on any atom is -0.255 e. The molecule has 290 valence electrons. The number of pyridine rings is 1. The maximum Gasteiger partial charge on any atom is 0.165 e. The molecule has 0 N–H and O–H groups in total. The molecular formula is C52H62N4. The van der Waals surface area contributed by atoms with Gasteiger partial charge in [0.05, 0.1) is 5.69 Å². The first kappa shape index (κ1) is 37.4. The Morgan fingerprint density at radius 1 is 0.357 bits per heavy atom. The van der Waals surface area contributed by atoms with E-state index >= 15 is 0 Å². The third kappa shape index (κ3) is 4.71. The van der Waals surface area contributed by atoms with Crippen molar-refractivity contribution in [3.63, 3.8) is 0 Å². The summed E-state index contributed by atoms with van der Waals surface area (Å²) >= 11 is 0. The minimum atomic E-state index is -0.0309. The van der Waals surface area contributed by atoms with Crippen LogP contribution in [0.25, 0.3) is 45.4 Å². The molecule has 0 unspecified atom stereocenters. The van der Waals surface area contributed by atoms with Crippen LogP contribution < -0.4 is 0 Å². The summed E-state index contributed by atoms with van der Waals surface area (Å²) in [5.41, 5.74) is 14.5. The summed E-state index contributed by atoms with van der Waals surface area (Å²) in [4.78, 5) is 20.8. The van der Waals surface area contributed by atoms with Crippen molar-refractivity contribution in [1.29, 1.82) is 0 Å². The van der Waals surface area contributed by atoms with E-state index in [2.05, 4.69) is 164 Å². The van der Waals surface area contributed by atoms with Crippen molar-refractivity contribution in [2.75, 3.05) is 0 Å². The highest BCUT2D eigenvalue weighted by Gasteiger charge is 2.58. The molecule has 0 atom stereocenters. The van der Waals surface area contributed by atoms with Crippen LogP contribution in [0.1, 0.15) is 156 Å². The van der Waals surface area contributed by atoms with Gasteiger partial charge in [0.1, 0.15) is 0 Å². The first-order valence-electron chi connectivity index (χ1n) is 21.2. The average Bonchev–Trinajstić information content (AvgIpc) is 3.35. The molecule has 1 fully saturated rings. The Hall–Kier alpha value is -4.18.